The summed E-state index contributed by atoms with van der Waals surface area (Å²) < 4.78 is 0. The van der Waals surface area contributed by atoms with Crippen LogP contribution in [0.15, 0.2) is 11.7 Å². The fourth-order valence-electron chi connectivity index (χ4n) is 2.29. The average Bonchev–Trinajstić information content (AvgIpc) is 2.89. The molecule has 1 aromatic rings. The van der Waals surface area contributed by atoms with Gasteiger partial charge in [0.25, 0.3) is 0 Å². The molecule has 0 aromatic carbocycles. The van der Waals surface area contributed by atoms with Gasteiger partial charge >= 0.3 is 0 Å². The Bertz CT molecular complexity index is 318. The number of aliphatic hydroxyl groups excluding tert-OH is 1. The molecule has 2 heterocycles. The van der Waals surface area contributed by atoms with Gasteiger partial charge in [-0.15, -0.1) is 11.3 Å². The van der Waals surface area contributed by atoms with Crippen LogP contribution in [0.3, 0.4) is 0 Å². The molecule has 1 saturated heterocycles. The molecule has 1 unspecified atom stereocenters. The molecule has 16 heavy (non-hydrogen) atoms. The highest BCUT2D eigenvalue weighted by atomic mass is 32.1. The minimum atomic E-state index is -0.314. The molecule has 2 rings (SSSR count). The number of aromatic nitrogens is 1. The lowest BCUT2D eigenvalue weighted by Gasteiger charge is -2.39. The van der Waals surface area contributed by atoms with Gasteiger partial charge in [0.1, 0.15) is 0 Å². The van der Waals surface area contributed by atoms with Crippen molar-refractivity contribution in [1.82, 2.24) is 9.88 Å². The molecule has 0 saturated carbocycles. The van der Waals surface area contributed by atoms with Gasteiger partial charge < -0.3 is 5.11 Å². The second-order valence-corrected chi connectivity index (χ2v) is 6.01. The van der Waals surface area contributed by atoms with Gasteiger partial charge in [0.15, 0.2) is 0 Å². The van der Waals surface area contributed by atoms with E-state index < -0.39 is 0 Å². The van der Waals surface area contributed by atoms with E-state index in [1.54, 1.807) is 11.3 Å². The summed E-state index contributed by atoms with van der Waals surface area (Å²) in [6, 6.07) is 0. The summed E-state index contributed by atoms with van der Waals surface area (Å²) >= 11 is 1.62. The van der Waals surface area contributed by atoms with E-state index in [-0.39, 0.29) is 11.6 Å². The lowest BCUT2D eigenvalue weighted by molar-refractivity contribution is 0.00379. The Kier molecular flexibility index (Phi) is 3.62. The van der Waals surface area contributed by atoms with Crippen molar-refractivity contribution < 1.29 is 5.11 Å². The summed E-state index contributed by atoms with van der Waals surface area (Å²) in [7, 11) is 0. The average molecular weight is 240 g/mol. The van der Waals surface area contributed by atoms with Gasteiger partial charge in [-0.1, -0.05) is 0 Å². The van der Waals surface area contributed by atoms with Crippen molar-refractivity contribution in [3.63, 3.8) is 0 Å². The minimum absolute atomic E-state index is 0.125. The SMILES string of the molecule is CC(C)(C(O)Cc1cncs1)N1CCCC1. The molecular formula is C12H20N2OS. The van der Waals surface area contributed by atoms with Crippen LogP contribution in [0.1, 0.15) is 31.6 Å². The number of nitrogens with zero attached hydrogens (tertiary/aromatic N) is 2. The van der Waals surface area contributed by atoms with E-state index >= 15 is 0 Å². The lowest BCUT2D eigenvalue weighted by Crippen LogP contribution is -2.51. The molecule has 3 nitrogen and oxygen atoms in total. The Labute approximate surface area is 101 Å². The van der Waals surface area contributed by atoms with Gasteiger partial charge in [0.05, 0.1) is 11.6 Å². The van der Waals surface area contributed by atoms with E-state index in [1.807, 2.05) is 11.7 Å². The maximum atomic E-state index is 10.3. The third-order valence-corrected chi connectivity index (χ3v) is 4.42. The molecule has 0 amide bonds. The quantitative estimate of drug-likeness (QED) is 0.873. The Hall–Kier alpha value is -0.450. The minimum Gasteiger partial charge on any atom is -0.391 e. The van der Waals surface area contributed by atoms with Crippen LogP contribution in [0.2, 0.25) is 0 Å². The molecule has 0 bridgehead atoms. The lowest BCUT2D eigenvalue weighted by atomic mass is 9.92. The fraction of sp³-hybridized carbons (Fsp3) is 0.750. The van der Waals surface area contributed by atoms with Gasteiger partial charge in [-0.25, -0.2) is 0 Å². The molecule has 1 atom stereocenters. The first-order valence-corrected chi connectivity index (χ1v) is 6.79. The molecule has 1 aliphatic rings. The van der Waals surface area contributed by atoms with Crippen LogP contribution in [0.25, 0.3) is 0 Å². The summed E-state index contributed by atoms with van der Waals surface area (Å²) in [5.74, 6) is 0. The number of hydrogen-bond acceptors (Lipinski definition) is 4. The van der Waals surface area contributed by atoms with E-state index in [4.69, 9.17) is 0 Å². The van der Waals surface area contributed by atoms with Crippen molar-refractivity contribution in [2.24, 2.45) is 0 Å². The third kappa shape index (κ3) is 2.44. The number of rotatable bonds is 4. The first-order valence-electron chi connectivity index (χ1n) is 5.91. The molecule has 0 aliphatic carbocycles. The Morgan fingerprint density at radius 1 is 1.50 bits per heavy atom. The highest BCUT2D eigenvalue weighted by molar-refractivity contribution is 7.09. The zero-order valence-corrected chi connectivity index (χ0v) is 10.8. The standard InChI is InChI=1S/C12H20N2OS/c1-12(2,14-5-3-4-6-14)11(15)7-10-8-13-9-16-10/h8-9,11,15H,3-7H2,1-2H3. The summed E-state index contributed by atoms with van der Waals surface area (Å²) in [6.07, 6.45) is 4.78. The summed E-state index contributed by atoms with van der Waals surface area (Å²) in [5, 5.41) is 10.3. The Morgan fingerprint density at radius 3 is 2.75 bits per heavy atom. The van der Waals surface area contributed by atoms with Crippen LogP contribution in [0.5, 0.6) is 0 Å². The van der Waals surface area contributed by atoms with E-state index in [1.165, 1.54) is 17.7 Å². The topological polar surface area (TPSA) is 36.4 Å². The van der Waals surface area contributed by atoms with E-state index in [9.17, 15) is 5.11 Å². The molecule has 1 aliphatic heterocycles. The monoisotopic (exact) mass is 240 g/mol. The summed E-state index contributed by atoms with van der Waals surface area (Å²) in [6.45, 7) is 6.52. The first-order chi connectivity index (χ1) is 7.60. The van der Waals surface area contributed by atoms with Crippen molar-refractivity contribution in [2.75, 3.05) is 13.1 Å². The Morgan fingerprint density at radius 2 is 2.19 bits per heavy atom. The molecule has 1 fully saturated rings. The molecule has 4 heteroatoms. The van der Waals surface area contributed by atoms with Gasteiger partial charge in [0.2, 0.25) is 0 Å². The van der Waals surface area contributed by atoms with Gasteiger partial charge in [0, 0.05) is 23.0 Å². The van der Waals surface area contributed by atoms with Crippen LogP contribution in [0.4, 0.5) is 0 Å². The molecule has 90 valence electrons. The molecule has 1 aromatic heterocycles. The first kappa shape index (κ1) is 12.0. The molecule has 0 spiro atoms. The van der Waals surface area contributed by atoms with Gasteiger partial charge in [-0.3, -0.25) is 9.88 Å². The van der Waals surface area contributed by atoms with Crippen LogP contribution < -0.4 is 0 Å². The predicted molar refractivity (Wildman–Crippen MR) is 66.7 cm³/mol. The zero-order valence-electron chi connectivity index (χ0n) is 10.0. The van der Waals surface area contributed by atoms with E-state index in [0.717, 1.165) is 13.1 Å². The zero-order chi connectivity index (χ0) is 11.6. The van der Waals surface area contributed by atoms with Gasteiger partial charge in [-0.05, 0) is 39.8 Å². The number of likely N-dealkylation sites (tertiary alicyclic amines) is 1. The van der Waals surface area contributed by atoms with Gasteiger partial charge in [-0.2, -0.15) is 0 Å². The second-order valence-electron chi connectivity index (χ2n) is 5.04. The van der Waals surface area contributed by atoms with Crippen molar-refractivity contribution in [2.45, 2.75) is 44.8 Å². The number of aliphatic hydroxyl groups is 1. The fourth-order valence-corrected chi connectivity index (χ4v) is 2.92. The maximum Gasteiger partial charge on any atom is 0.0794 e. The highest BCUT2D eigenvalue weighted by Gasteiger charge is 2.35. The van der Waals surface area contributed by atoms with Crippen LogP contribution in [0, 0.1) is 0 Å². The summed E-state index contributed by atoms with van der Waals surface area (Å²) in [5.41, 5.74) is 1.70. The maximum absolute atomic E-state index is 10.3. The largest absolute Gasteiger partial charge is 0.391 e. The van der Waals surface area contributed by atoms with E-state index in [0.29, 0.717) is 6.42 Å². The smallest absolute Gasteiger partial charge is 0.0794 e. The van der Waals surface area contributed by atoms with Crippen molar-refractivity contribution in [3.8, 4) is 0 Å². The molecular weight excluding hydrogens is 220 g/mol. The number of hydrogen-bond donors (Lipinski definition) is 1. The van der Waals surface area contributed by atoms with Crippen molar-refractivity contribution in [1.29, 1.82) is 0 Å². The second kappa shape index (κ2) is 4.82. The van der Waals surface area contributed by atoms with Crippen LogP contribution in [-0.2, 0) is 6.42 Å². The normalized spacial score (nSPS) is 20.2. The molecule has 0 radical (unpaired) electrons. The Balaban J connectivity index is 1.99. The summed E-state index contributed by atoms with van der Waals surface area (Å²) in [4.78, 5) is 7.62. The van der Waals surface area contributed by atoms with E-state index in [2.05, 4.69) is 23.7 Å². The van der Waals surface area contributed by atoms with Crippen molar-refractivity contribution in [3.05, 3.63) is 16.6 Å². The highest BCUT2D eigenvalue weighted by Crippen LogP contribution is 2.26. The number of thiazole rings is 1. The third-order valence-electron chi connectivity index (χ3n) is 3.61. The van der Waals surface area contributed by atoms with Crippen LogP contribution >= 0.6 is 11.3 Å². The predicted octanol–water partition coefficient (Wildman–Crippen LogP) is 1.92. The molecule has 1 N–H and O–H groups in total. The van der Waals surface area contributed by atoms with Crippen LogP contribution in [-0.4, -0.2) is 39.7 Å². The van der Waals surface area contributed by atoms with Crippen molar-refractivity contribution >= 4 is 11.3 Å².